The van der Waals surface area contributed by atoms with Crippen molar-refractivity contribution in [2.45, 2.75) is 20.0 Å². The first-order chi connectivity index (χ1) is 12.3. The number of benzene rings is 2. The molecule has 0 saturated carbocycles. The van der Waals surface area contributed by atoms with Crippen molar-refractivity contribution in [2.75, 3.05) is 0 Å². The molecule has 26 heavy (non-hydrogen) atoms. The Bertz CT molecular complexity index is 898. The van der Waals surface area contributed by atoms with E-state index in [0.717, 1.165) is 14.5 Å². The summed E-state index contributed by atoms with van der Waals surface area (Å²) in [6, 6.07) is 9.25. The lowest BCUT2D eigenvalue weighted by molar-refractivity contribution is -0.129. The van der Waals surface area contributed by atoms with Gasteiger partial charge in [-0.2, -0.15) is 0 Å². The third kappa shape index (κ3) is 4.22. The average molecular weight is 483 g/mol. The molecule has 2 aromatic rings. The number of aliphatic imine (C=N–C) groups is 1. The summed E-state index contributed by atoms with van der Waals surface area (Å²) < 4.78 is 25.4. The number of rotatable bonds is 4. The number of ether oxygens (including phenoxy) is 2. The maximum absolute atomic E-state index is 13.0. The predicted octanol–water partition coefficient (Wildman–Crippen LogP) is 5.48. The van der Waals surface area contributed by atoms with Crippen LogP contribution < -0.4 is 4.74 Å². The standard InChI is InChI=1S/C19H14Br2FNO3/c1-10(2)25-17-14(20)7-11(8-15(17)21)9-16-19(24)26-18(23-16)12-3-5-13(22)6-4-12/h3-10H,1-2H3/b16-9-. The third-order valence-electron chi connectivity index (χ3n) is 3.39. The van der Waals surface area contributed by atoms with Gasteiger partial charge in [0.15, 0.2) is 5.70 Å². The highest BCUT2D eigenvalue weighted by atomic mass is 79.9. The number of nitrogens with zero attached hydrogens (tertiary/aromatic N) is 1. The zero-order chi connectivity index (χ0) is 18.8. The molecule has 0 aromatic heterocycles. The highest BCUT2D eigenvalue weighted by Gasteiger charge is 2.24. The number of hydrogen-bond acceptors (Lipinski definition) is 4. The van der Waals surface area contributed by atoms with Crippen LogP contribution in [0.4, 0.5) is 4.39 Å². The Labute approximate surface area is 167 Å². The molecule has 0 spiro atoms. The molecule has 0 fully saturated rings. The van der Waals surface area contributed by atoms with Crippen LogP contribution in [0.25, 0.3) is 6.08 Å². The second kappa shape index (κ2) is 7.72. The Morgan fingerprint density at radius 3 is 2.35 bits per heavy atom. The van der Waals surface area contributed by atoms with E-state index in [4.69, 9.17) is 9.47 Å². The fourth-order valence-electron chi connectivity index (χ4n) is 2.29. The molecule has 134 valence electrons. The summed E-state index contributed by atoms with van der Waals surface area (Å²) in [6.07, 6.45) is 1.65. The quantitative estimate of drug-likeness (QED) is 0.428. The van der Waals surface area contributed by atoms with Gasteiger partial charge in [-0.1, -0.05) is 0 Å². The zero-order valence-electron chi connectivity index (χ0n) is 13.9. The molecule has 3 rings (SSSR count). The summed E-state index contributed by atoms with van der Waals surface area (Å²) in [5, 5.41) is 0. The minimum Gasteiger partial charge on any atom is -0.489 e. The topological polar surface area (TPSA) is 47.9 Å². The summed E-state index contributed by atoms with van der Waals surface area (Å²) in [4.78, 5) is 16.3. The monoisotopic (exact) mass is 481 g/mol. The summed E-state index contributed by atoms with van der Waals surface area (Å²) in [5.41, 5.74) is 1.45. The maximum atomic E-state index is 13.0. The summed E-state index contributed by atoms with van der Waals surface area (Å²) in [5.74, 6) is -0.0854. The second-order valence-electron chi connectivity index (χ2n) is 5.82. The van der Waals surface area contributed by atoms with E-state index in [-0.39, 0.29) is 23.5 Å². The summed E-state index contributed by atoms with van der Waals surface area (Å²) in [7, 11) is 0. The Morgan fingerprint density at radius 1 is 1.15 bits per heavy atom. The Kier molecular flexibility index (Phi) is 5.58. The van der Waals surface area contributed by atoms with Crippen molar-refractivity contribution in [3.05, 3.63) is 68.0 Å². The number of hydrogen-bond donors (Lipinski definition) is 0. The molecule has 2 aromatic carbocycles. The molecule has 0 amide bonds. The van der Waals surface area contributed by atoms with Gasteiger partial charge in [0.2, 0.25) is 5.90 Å². The Morgan fingerprint density at radius 2 is 1.77 bits per heavy atom. The predicted molar refractivity (Wildman–Crippen MR) is 105 cm³/mol. The lowest BCUT2D eigenvalue weighted by Crippen LogP contribution is -2.06. The van der Waals surface area contributed by atoms with Crippen LogP contribution in [0.2, 0.25) is 0 Å². The lowest BCUT2D eigenvalue weighted by atomic mass is 10.2. The van der Waals surface area contributed by atoms with Crippen LogP contribution in [0.3, 0.4) is 0 Å². The van der Waals surface area contributed by atoms with Gasteiger partial charge < -0.3 is 9.47 Å². The molecular formula is C19H14Br2FNO3. The van der Waals surface area contributed by atoms with Crippen molar-refractivity contribution >= 4 is 49.8 Å². The van der Waals surface area contributed by atoms with Crippen molar-refractivity contribution < 1.29 is 18.7 Å². The molecule has 7 heteroatoms. The Balaban J connectivity index is 1.92. The molecule has 0 radical (unpaired) electrons. The smallest absolute Gasteiger partial charge is 0.363 e. The van der Waals surface area contributed by atoms with Gasteiger partial charge in [-0.05, 0) is 93.7 Å². The fourth-order valence-corrected chi connectivity index (χ4v) is 3.70. The van der Waals surface area contributed by atoms with Crippen LogP contribution in [0.5, 0.6) is 5.75 Å². The van der Waals surface area contributed by atoms with E-state index < -0.39 is 5.97 Å². The number of cyclic esters (lactones) is 1. The largest absolute Gasteiger partial charge is 0.489 e. The van der Waals surface area contributed by atoms with Gasteiger partial charge in [0.1, 0.15) is 11.6 Å². The van der Waals surface area contributed by atoms with Crippen LogP contribution in [0.15, 0.2) is 56.0 Å². The normalized spacial score (nSPS) is 15.4. The summed E-state index contributed by atoms with van der Waals surface area (Å²) >= 11 is 6.95. The minimum absolute atomic E-state index is 0.0273. The van der Waals surface area contributed by atoms with E-state index in [1.165, 1.54) is 24.3 Å². The van der Waals surface area contributed by atoms with Crippen molar-refractivity contribution in [3.63, 3.8) is 0 Å². The first kappa shape index (κ1) is 18.8. The molecule has 1 heterocycles. The number of carbonyl (C=O) groups is 1. The highest BCUT2D eigenvalue weighted by molar-refractivity contribution is 9.11. The summed E-state index contributed by atoms with van der Waals surface area (Å²) in [6.45, 7) is 3.88. The van der Waals surface area contributed by atoms with Gasteiger partial charge in [-0.15, -0.1) is 0 Å². The Hall–Kier alpha value is -1.99. The van der Waals surface area contributed by atoms with Crippen LogP contribution in [0.1, 0.15) is 25.0 Å². The van der Waals surface area contributed by atoms with E-state index in [1.54, 1.807) is 6.08 Å². The molecule has 0 saturated heterocycles. The SMILES string of the molecule is CC(C)Oc1c(Br)cc(/C=C2\N=C(c3ccc(F)cc3)OC2=O)cc1Br. The second-order valence-corrected chi connectivity index (χ2v) is 7.53. The highest BCUT2D eigenvalue weighted by Crippen LogP contribution is 2.36. The van der Waals surface area contributed by atoms with E-state index in [2.05, 4.69) is 36.9 Å². The van der Waals surface area contributed by atoms with Gasteiger partial charge in [0.25, 0.3) is 0 Å². The molecule has 0 unspecified atom stereocenters. The number of halogens is 3. The van der Waals surface area contributed by atoms with E-state index in [9.17, 15) is 9.18 Å². The molecular weight excluding hydrogens is 469 g/mol. The van der Waals surface area contributed by atoms with E-state index >= 15 is 0 Å². The van der Waals surface area contributed by atoms with E-state index in [1.807, 2.05) is 26.0 Å². The van der Waals surface area contributed by atoms with Gasteiger partial charge in [-0.3, -0.25) is 0 Å². The first-order valence-electron chi connectivity index (χ1n) is 7.77. The zero-order valence-corrected chi connectivity index (χ0v) is 17.1. The molecule has 0 aliphatic carbocycles. The van der Waals surface area contributed by atoms with Crippen molar-refractivity contribution in [2.24, 2.45) is 4.99 Å². The van der Waals surface area contributed by atoms with Crippen molar-refractivity contribution in [1.29, 1.82) is 0 Å². The molecule has 1 aliphatic rings. The van der Waals surface area contributed by atoms with Crippen LogP contribution in [0, 0.1) is 5.82 Å². The van der Waals surface area contributed by atoms with Gasteiger partial charge >= 0.3 is 5.97 Å². The molecule has 0 atom stereocenters. The lowest BCUT2D eigenvalue weighted by Gasteiger charge is -2.14. The maximum Gasteiger partial charge on any atom is 0.363 e. The van der Waals surface area contributed by atoms with Gasteiger partial charge in [0, 0.05) is 5.56 Å². The molecule has 0 N–H and O–H groups in total. The van der Waals surface area contributed by atoms with Gasteiger partial charge in [-0.25, -0.2) is 14.2 Å². The van der Waals surface area contributed by atoms with Crippen LogP contribution >= 0.6 is 31.9 Å². The molecule has 0 bridgehead atoms. The average Bonchev–Trinajstić information content (AvgIpc) is 2.92. The van der Waals surface area contributed by atoms with Crippen LogP contribution in [-0.4, -0.2) is 18.0 Å². The molecule has 4 nitrogen and oxygen atoms in total. The van der Waals surface area contributed by atoms with E-state index in [0.29, 0.717) is 11.3 Å². The van der Waals surface area contributed by atoms with Gasteiger partial charge in [0.05, 0.1) is 15.0 Å². The number of carbonyl (C=O) groups excluding carboxylic acids is 1. The first-order valence-corrected chi connectivity index (χ1v) is 9.36. The fraction of sp³-hybridized carbons (Fsp3) is 0.158. The van der Waals surface area contributed by atoms with Crippen LogP contribution in [-0.2, 0) is 9.53 Å². The van der Waals surface area contributed by atoms with Crippen molar-refractivity contribution in [3.8, 4) is 5.75 Å². The molecule has 1 aliphatic heterocycles. The number of esters is 1. The van der Waals surface area contributed by atoms with Crippen molar-refractivity contribution in [1.82, 2.24) is 0 Å². The third-order valence-corrected chi connectivity index (χ3v) is 4.57. The minimum atomic E-state index is -0.556.